The van der Waals surface area contributed by atoms with Gasteiger partial charge < -0.3 is 0 Å². The van der Waals surface area contributed by atoms with Gasteiger partial charge in [-0.25, -0.2) is 15.0 Å². The highest BCUT2D eigenvalue weighted by atomic mass is 32.2. The molecular formula is C21H19N5OS. The molecule has 1 amide bonds. The second kappa shape index (κ2) is 7.82. The average molecular weight is 389 g/mol. The Bertz CT molecular complexity index is 1140. The molecule has 4 rings (SSSR count). The Hall–Kier alpha value is -3.19. The third-order valence-electron chi connectivity index (χ3n) is 4.20. The average Bonchev–Trinajstić information content (AvgIpc) is 3.05. The number of carbonyl (C=O) groups is 1. The molecule has 6 nitrogen and oxygen atoms in total. The fraction of sp³-hybridized carbons (Fsp3) is 0.143. The zero-order valence-corrected chi connectivity index (χ0v) is 16.4. The number of para-hydroxylation sites is 2. The molecule has 140 valence electrons. The van der Waals surface area contributed by atoms with Gasteiger partial charge in [-0.3, -0.25) is 14.7 Å². The van der Waals surface area contributed by atoms with Crippen molar-refractivity contribution in [3.05, 3.63) is 72.1 Å². The van der Waals surface area contributed by atoms with E-state index < -0.39 is 0 Å². The molecule has 0 aliphatic rings. The number of anilines is 1. The van der Waals surface area contributed by atoms with E-state index in [1.807, 2.05) is 31.2 Å². The van der Waals surface area contributed by atoms with Crippen LogP contribution in [0.15, 0.2) is 66.0 Å². The van der Waals surface area contributed by atoms with Gasteiger partial charge in [0.15, 0.2) is 5.16 Å². The van der Waals surface area contributed by atoms with Gasteiger partial charge in [0.1, 0.15) is 0 Å². The van der Waals surface area contributed by atoms with Crippen LogP contribution in [0, 0.1) is 13.8 Å². The monoisotopic (exact) mass is 389 g/mol. The first kappa shape index (κ1) is 18.2. The second-order valence-corrected chi connectivity index (χ2v) is 7.36. The van der Waals surface area contributed by atoms with Gasteiger partial charge in [0, 0.05) is 17.6 Å². The summed E-state index contributed by atoms with van der Waals surface area (Å²) in [4.78, 5) is 25.3. The highest BCUT2D eigenvalue weighted by Gasteiger charge is 2.15. The van der Waals surface area contributed by atoms with E-state index in [4.69, 9.17) is 4.98 Å². The summed E-state index contributed by atoms with van der Waals surface area (Å²) in [6.45, 7) is 3.92. The van der Waals surface area contributed by atoms with Crippen LogP contribution < -0.4 is 5.32 Å². The number of thioether (sulfide) groups is 1. The molecule has 0 saturated carbocycles. The van der Waals surface area contributed by atoms with Gasteiger partial charge in [0.2, 0.25) is 11.9 Å². The summed E-state index contributed by atoms with van der Waals surface area (Å²) in [6, 6.07) is 18.0. The highest BCUT2D eigenvalue weighted by molar-refractivity contribution is 7.99. The topological polar surface area (TPSA) is 72.7 Å². The lowest BCUT2D eigenvalue weighted by atomic mass is 10.2. The Balaban J connectivity index is 1.59. The fourth-order valence-corrected chi connectivity index (χ4v) is 3.67. The van der Waals surface area contributed by atoms with Crippen molar-refractivity contribution in [2.75, 3.05) is 11.1 Å². The normalized spacial score (nSPS) is 10.9. The van der Waals surface area contributed by atoms with E-state index in [0.29, 0.717) is 5.95 Å². The summed E-state index contributed by atoms with van der Waals surface area (Å²) >= 11 is 1.39. The SMILES string of the molecule is Cc1ccc(-n2c(SCC(=O)Nc3nccc(C)n3)nc3ccccc32)cc1. The van der Waals surface area contributed by atoms with Gasteiger partial charge in [-0.05, 0) is 44.2 Å². The smallest absolute Gasteiger partial charge is 0.237 e. The van der Waals surface area contributed by atoms with Gasteiger partial charge >= 0.3 is 0 Å². The van der Waals surface area contributed by atoms with Gasteiger partial charge in [-0.2, -0.15) is 0 Å². The Morgan fingerprint density at radius 3 is 2.61 bits per heavy atom. The minimum absolute atomic E-state index is 0.168. The Morgan fingerprint density at radius 1 is 1.04 bits per heavy atom. The number of carbonyl (C=O) groups excluding carboxylic acids is 1. The van der Waals surface area contributed by atoms with Crippen LogP contribution in [0.25, 0.3) is 16.7 Å². The number of benzene rings is 2. The van der Waals surface area contributed by atoms with Crippen molar-refractivity contribution in [1.82, 2.24) is 19.5 Å². The first-order chi connectivity index (χ1) is 13.6. The zero-order chi connectivity index (χ0) is 19.5. The van der Waals surface area contributed by atoms with E-state index in [2.05, 4.69) is 51.0 Å². The van der Waals surface area contributed by atoms with Crippen molar-refractivity contribution in [3.63, 3.8) is 0 Å². The standard InChI is InChI=1S/C21H19N5OS/c1-14-7-9-16(10-8-14)26-18-6-4-3-5-17(18)24-21(26)28-13-19(27)25-20-22-12-11-15(2)23-20/h3-12H,13H2,1-2H3,(H,22,23,25,27). The molecule has 0 radical (unpaired) electrons. The predicted octanol–water partition coefficient (Wildman–Crippen LogP) is 4.16. The van der Waals surface area contributed by atoms with Crippen LogP contribution in [0.3, 0.4) is 0 Å². The minimum Gasteiger partial charge on any atom is -0.294 e. The predicted molar refractivity (Wildman–Crippen MR) is 112 cm³/mol. The van der Waals surface area contributed by atoms with Crippen LogP contribution in [0.1, 0.15) is 11.3 Å². The van der Waals surface area contributed by atoms with Gasteiger partial charge in [-0.15, -0.1) is 0 Å². The molecule has 2 aromatic carbocycles. The molecule has 0 bridgehead atoms. The van der Waals surface area contributed by atoms with Crippen LogP contribution in [-0.2, 0) is 4.79 Å². The van der Waals surface area contributed by atoms with E-state index in [0.717, 1.165) is 27.6 Å². The van der Waals surface area contributed by atoms with Crippen molar-refractivity contribution >= 4 is 34.7 Å². The first-order valence-corrected chi connectivity index (χ1v) is 9.85. The number of fused-ring (bicyclic) bond motifs is 1. The van der Waals surface area contributed by atoms with Crippen LogP contribution in [0.4, 0.5) is 5.95 Å². The fourth-order valence-electron chi connectivity index (χ4n) is 2.84. The van der Waals surface area contributed by atoms with Crippen LogP contribution in [-0.4, -0.2) is 31.2 Å². The molecule has 4 aromatic rings. The molecule has 0 atom stereocenters. The lowest BCUT2D eigenvalue weighted by Crippen LogP contribution is -2.16. The van der Waals surface area contributed by atoms with E-state index in [1.54, 1.807) is 12.3 Å². The lowest BCUT2D eigenvalue weighted by molar-refractivity contribution is -0.113. The highest BCUT2D eigenvalue weighted by Crippen LogP contribution is 2.28. The molecule has 28 heavy (non-hydrogen) atoms. The molecule has 1 N–H and O–H groups in total. The number of aryl methyl sites for hydroxylation is 2. The third-order valence-corrected chi connectivity index (χ3v) is 5.14. The van der Waals surface area contributed by atoms with E-state index in [-0.39, 0.29) is 11.7 Å². The number of aromatic nitrogens is 4. The first-order valence-electron chi connectivity index (χ1n) is 8.87. The van der Waals surface area contributed by atoms with Gasteiger partial charge in [0.05, 0.1) is 16.8 Å². The van der Waals surface area contributed by atoms with E-state index in [9.17, 15) is 4.79 Å². The number of rotatable bonds is 5. The Kier molecular flexibility index (Phi) is 5.08. The minimum atomic E-state index is -0.168. The van der Waals surface area contributed by atoms with Crippen molar-refractivity contribution in [3.8, 4) is 5.69 Å². The second-order valence-electron chi connectivity index (χ2n) is 6.41. The van der Waals surface area contributed by atoms with Crippen molar-refractivity contribution in [1.29, 1.82) is 0 Å². The number of hydrogen-bond donors (Lipinski definition) is 1. The van der Waals surface area contributed by atoms with Crippen LogP contribution in [0.2, 0.25) is 0 Å². The molecule has 2 aromatic heterocycles. The molecular weight excluding hydrogens is 370 g/mol. The third kappa shape index (κ3) is 3.89. The summed E-state index contributed by atoms with van der Waals surface area (Å²) in [5.74, 6) is 0.364. The summed E-state index contributed by atoms with van der Waals surface area (Å²) in [6.07, 6.45) is 1.63. The molecule has 0 aliphatic carbocycles. The molecule has 0 fully saturated rings. The molecule has 7 heteroatoms. The lowest BCUT2D eigenvalue weighted by Gasteiger charge is -2.09. The molecule has 0 aliphatic heterocycles. The molecule has 0 saturated heterocycles. The van der Waals surface area contributed by atoms with E-state index in [1.165, 1.54) is 17.3 Å². The number of imidazole rings is 1. The Labute approximate surface area is 167 Å². The molecule has 0 spiro atoms. The quantitative estimate of drug-likeness (QED) is 0.519. The van der Waals surface area contributed by atoms with E-state index >= 15 is 0 Å². The summed E-state index contributed by atoms with van der Waals surface area (Å²) < 4.78 is 2.08. The largest absolute Gasteiger partial charge is 0.294 e. The van der Waals surface area contributed by atoms with Gasteiger partial charge in [-0.1, -0.05) is 41.6 Å². The molecule has 2 heterocycles. The maximum atomic E-state index is 12.4. The maximum Gasteiger partial charge on any atom is 0.237 e. The number of nitrogens with one attached hydrogen (secondary N) is 1. The maximum absolute atomic E-state index is 12.4. The zero-order valence-electron chi connectivity index (χ0n) is 15.6. The van der Waals surface area contributed by atoms with Gasteiger partial charge in [0.25, 0.3) is 0 Å². The summed E-state index contributed by atoms with van der Waals surface area (Å²) in [5.41, 5.74) is 4.92. The number of amides is 1. The summed E-state index contributed by atoms with van der Waals surface area (Å²) in [7, 11) is 0. The van der Waals surface area contributed by atoms with Crippen molar-refractivity contribution in [2.45, 2.75) is 19.0 Å². The van der Waals surface area contributed by atoms with Crippen LogP contribution in [0.5, 0.6) is 0 Å². The molecule has 0 unspecified atom stereocenters. The van der Waals surface area contributed by atoms with Crippen molar-refractivity contribution < 1.29 is 4.79 Å². The summed E-state index contributed by atoms with van der Waals surface area (Å²) in [5, 5.41) is 3.50. The van der Waals surface area contributed by atoms with Crippen LogP contribution >= 0.6 is 11.8 Å². The number of nitrogens with zero attached hydrogens (tertiary/aromatic N) is 4. The Morgan fingerprint density at radius 2 is 1.82 bits per heavy atom. The van der Waals surface area contributed by atoms with Crippen molar-refractivity contribution in [2.24, 2.45) is 0 Å². The number of hydrogen-bond acceptors (Lipinski definition) is 5.